The number of anilines is 1. The highest BCUT2D eigenvalue weighted by molar-refractivity contribution is 5.97. The molecule has 1 heterocycles. The van der Waals surface area contributed by atoms with E-state index in [-0.39, 0.29) is 12.3 Å². The minimum absolute atomic E-state index is 0.0252. The fraction of sp³-hybridized carbons (Fsp3) is 0.400. The number of pyridine rings is 1. The lowest BCUT2D eigenvalue weighted by Gasteiger charge is -2.25. The van der Waals surface area contributed by atoms with Crippen LogP contribution >= 0.6 is 0 Å². The highest BCUT2D eigenvalue weighted by atomic mass is 16.6. The maximum Gasteiger partial charge on any atom is 0.295 e. The molecule has 0 unspecified atom stereocenters. The van der Waals surface area contributed by atoms with Crippen LogP contribution in [0.15, 0.2) is 24.3 Å². The van der Waals surface area contributed by atoms with E-state index in [0.29, 0.717) is 18.1 Å². The molecule has 21 heavy (non-hydrogen) atoms. The van der Waals surface area contributed by atoms with E-state index in [2.05, 4.69) is 9.88 Å². The van der Waals surface area contributed by atoms with Crippen molar-refractivity contribution in [3.63, 3.8) is 0 Å². The third kappa shape index (κ3) is 2.54. The molecule has 1 aromatic carbocycles. The number of hydrogen-bond donors (Lipinski definition) is 1. The number of rotatable bonds is 5. The highest BCUT2D eigenvalue weighted by Crippen LogP contribution is 2.37. The summed E-state index contributed by atoms with van der Waals surface area (Å²) >= 11 is 0. The number of para-hydroxylation sites is 1. The first-order chi connectivity index (χ1) is 10.1. The van der Waals surface area contributed by atoms with Crippen LogP contribution in [0.4, 0.5) is 11.4 Å². The fourth-order valence-corrected chi connectivity index (χ4v) is 2.72. The molecule has 0 amide bonds. The summed E-state index contributed by atoms with van der Waals surface area (Å²) in [4.78, 5) is 17.3. The molecule has 1 aromatic heterocycles. The summed E-state index contributed by atoms with van der Waals surface area (Å²) in [5, 5.41) is 21.3. The predicted molar refractivity (Wildman–Crippen MR) is 80.6 cm³/mol. The second-order valence-corrected chi connectivity index (χ2v) is 5.36. The van der Waals surface area contributed by atoms with Crippen LogP contribution in [0.5, 0.6) is 0 Å². The SMILES string of the molecule is Cc1cc(N(CCO)C2CC2)c2cccc([N+](=O)[O-])c2n1. The van der Waals surface area contributed by atoms with Crippen LogP contribution in [0.2, 0.25) is 0 Å². The molecular formula is C15H17N3O3. The summed E-state index contributed by atoms with van der Waals surface area (Å²) in [7, 11) is 0. The fourth-order valence-electron chi connectivity index (χ4n) is 2.72. The first kappa shape index (κ1) is 13.8. The predicted octanol–water partition coefficient (Wildman–Crippen LogP) is 2.41. The molecule has 3 rings (SSSR count). The topological polar surface area (TPSA) is 79.5 Å². The second-order valence-electron chi connectivity index (χ2n) is 5.36. The van der Waals surface area contributed by atoms with Gasteiger partial charge in [-0.15, -0.1) is 0 Å². The lowest BCUT2D eigenvalue weighted by Crippen LogP contribution is -2.29. The van der Waals surface area contributed by atoms with Gasteiger partial charge < -0.3 is 10.0 Å². The molecule has 2 aromatic rings. The molecule has 0 atom stereocenters. The molecule has 0 saturated heterocycles. The highest BCUT2D eigenvalue weighted by Gasteiger charge is 2.30. The Bertz CT molecular complexity index is 698. The number of nitro groups is 1. The van der Waals surface area contributed by atoms with Crippen LogP contribution < -0.4 is 4.90 Å². The lowest BCUT2D eigenvalue weighted by atomic mass is 10.1. The van der Waals surface area contributed by atoms with E-state index in [9.17, 15) is 15.2 Å². The molecule has 1 aliphatic rings. The number of benzene rings is 1. The lowest BCUT2D eigenvalue weighted by molar-refractivity contribution is -0.383. The summed E-state index contributed by atoms with van der Waals surface area (Å²) in [6.07, 6.45) is 2.19. The van der Waals surface area contributed by atoms with Crippen LogP contribution in [-0.2, 0) is 0 Å². The Kier molecular flexibility index (Phi) is 3.47. The number of nitro benzene ring substituents is 1. The first-order valence-corrected chi connectivity index (χ1v) is 7.04. The normalized spacial score (nSPS) is 14.4. The van der Waals surface area contributed by atoms with E-state index >= 15 is 0 Å². The Balaban J connectivity index is 2.22. The molecule has 110 valence electrons. The van der Waals surface area contributed by atoms with Crippen molar-refractivity contribution in [2.75, 3.05) is 18.1 Å². The number of aliphatic hydroxyl groups excluding tert-OH is 1. The van der Waals surface area contributed by atoms with Gasteiger partial charge in [-0.25, -0.2) is 4.98 Å². The molecule has 1 N–H and O–H groups in total. The third-order valence-corrected chi connectivity index (χ3v) is 3.76. The summed E-state index contributed by atoms with van der Waals surface area (Å²) in [6.45, 7) is 2.43. The van der Waals surface area contributed by atoms with E-state index in [1.54, 1.807) is 6.07 Å². The van der Waals surface area contributed by atoms with Gasteiger partial charge in [-0.3, -0.25) is 10.1 Å². The average molecular weight is 287 g/mol. The van der Waals surface area contributed by atoms with E-state index in [1.165, 1.54) is 6.07 Å². The van der Waals surface area contributed by atoms with Crippen molar-refractivity contribution < 1.29 is 10.0 Å². The van der Waals surface area contributed by atoms with Crippen molar-refractivity contribution in [2.45, 2.75) is 25.8 Å². The van der Waals surface area contributed by atoms with Crippen molar-refractivity contribution in [2.24, 2.45) is 0 Å². The number of aryl methyl sites for hydroxylation is 1. The van der Waals surface area contributed by atoms with Gasteiger partial charge in [-0.05, 0) is 25.8 Å². The van der Waals surface area contributed by atoms with Gasteiger partial charge >= 0.3 is 0 Å². The van der Waals surface area contributed by atoms with Gasteiger partial charge in [-0.2, -0.15) is 0 Å². The number of hydrogen-bond acceptors (Lipinski definition) is 5. The van der Waals surface area contributed by atoms with Crippen LogP contribution in [0.3, 0.4) is 0 Å². The Morgan fingerprint density at radius 2 is 2.24 bits per heavy atom. The minimum atomic E-state index is -0.397. The smallest absolute Gasteiger partial charge is 0.295 e. The monoisotopic (exact) mass is 287 g/mol. The largest absolute Gasteiger partial charge is 0.395 e. The quantitative estimate of drug-likeness (QED) is 0.674. The molecule has 1 saturated carbocycles. The van der Waals surface area contributed by atoms with Crippen molar-refractivity contribution in [1.82, 2.24) is 4.98 Å². The zero-order valence-corrected chi connectivity index (χ0v) is 11.8. The Hall–Kier alpha value is -2.21. The van der Waals surface area contributed by atoms with Crippen molar-refractivity contribution in [1.29, 1.82) is 0 Å². The maximum absolute atomic E-state index is 11.2. The molecule has 0 spiro atoms. The number of aliphatic hydroxyl groups is 1. The Labute approximate surface area is 122 Å². The van der Waals surface area contributed by atoms with Crippen molar-refractivity contribution in [3.8, 4) is 0 Å². The number of nitrogens with zero attached hydrogens (tertiary/aromatic N) is 3. The van der Waals surface area contributed by atoms with Crippen LogP contribution in [0.25, 0.3) is 10.9 Å². The van der Waals surface area contributed by atoms with Gasteiger partial charge in [0.1, 0.15) is 0 Å². The maximum atomic E-state index is 11.2. The van der Waals surface area contributed by atoms with Gasteiger partial charge in [0.15, 0.2) is 5.52 Å². The van der Waals surface area contributed by atoms with Crippen molar-refractivity contribution >= 4 is 22.3 Å². The molecule has 0 aliphatic heterocycles. The number of fused-ring (bicyclic) bond motifs is 1. The second kappa shape index (κ2) is 5.29. The standard InChI is InChI=1S/C15H17N3O3/c1-10-9-14(17(7-8-19)11-5-6-11)12-3-2-4-13(18(20)21)15(12)16-10/h2-4,9,11,19H,5-8H2,1H3. The third-order valence-electron chi connectivity index (χ3n) is 3.76. The van der Waals surface area contributed by atoms with E-state index < -0.39 is 4.92 Å². The van der Waals surface area contributed by atoms with Gasteiger partial charge in [-0.1, -0.05) is 12.1 Å². The van der Waals surface area contributed by atoms with Gasteiger partial charge in [0, 0.05) is 35.4 Å². The van der Waals surface area contributed by atoms with Crippen LogP contribution in [0.1, 0.15) is 18.5 Å². The van der Waals surface area contributed by atoms with Gasteiger partial charge in [0.2, 0.25) is 0 Å². The molecular weight excluding hydrogens is 270 g/mol. The van der Waals surface area contributed by atoms with E-state index in [1.807, 2.05) is 19.1 Å². The van der Waals surface area contributed by atoms with Crippen LogP contribution in [-0.4, -0.2) is 34.2 Å². The number of non-ortho nitro benzene ring substituents is 1. The molecule has 0 radical (unpaired) electrons. The first-order valence-electron chi connectivity index (χ1n) is 7.04. The summed E-state index contributed by atoms with van der Waals surface area (Å²) in [6, 6.07) is 7.38. The Morgan fingerprint density at radius 3 is 2.86 bits per heavy atom. The van der Waals surface area contributed by atoms with Gasteiger partial charge in [0.25, 0.3) is 5.69 Å². The van der Waals surface area contributed by atoms with E-state index in [4.69, 9.17) is 0 Å². The molecule has 6 heteroatoms. The average Bonchev–Trinajstić information content (AvgIpc) is 3.27. The molecule has 1 fully saturated rings. The Morgan fingerprint density at radius 1 is 1.48 bits per heavy atom. The summed E-state index contributed by atoms with van der Waals surface area (Å²) in [5.74, 6) is 0. The summed E-state index contributed by atoms with van der Waals surface area (Å²) < 4.78 is 0. The van der Waals surface area contributed by atoms with E-state index in [0.717, 1.165) is 29.6 Å². The molecule has 0 bridgehead atoms. The van der Waals surface area contributed by atoms with Gasteiger partial charge in [0.05, 0.1) is 11.5 Å². The number of aromatic nitrogens is 1. The molecule has 6 nitrogen and oxygen atoms in total. The molecule has 1 aliphatic carbocycles. The summed E-state index contributed by atoms with van der Waals surface area (Å²) in [5.41, 5.74) is 2.12. The minimum Gasteiger partial charge on any atom is -0.395 e. The van der Waals surface area contributed by atoms with Crippen LogP contribution in [0, 0.1) is 17.0 Å². The van der Waals surface area contributed by atoms with Crippen molar-refractivity contribution in [3.05, 3.63) is 40.1 Å². The zero-order valence-electron chi connectivity index (χ0n) is 11.8. The zero-order chi connectivity index (χ0) is 15.0.